The average Bonchev–Trinajstić information content (AvgIpc) is 2.43. The molecule has 1 rings (SSSR count). The summed E-state index contributed by atoms with van der Waals surface area (Å²) in [5, 5.41) is 7.14. The number of hydrogen-bond donors (Lipinski definition) is 0. The Morgan fingerprint density at radius 3 is 2.67 bits per heavy atom. The summed E-state index contributed by atoms with van der Waals surface area (Å²) in [4.78, 5) is 2.05. The molecule has 0 amide bonds. The summed E-state index contributed by atoms with van der Waals surface area (Å²) < 4.78 is 37.1. The van der Waals surface area contributed by atoms with Gasteiger partial charge in [-0.25, -0.2) is 0 Å². The largest absolute Gasteiger partial charge is 0.389 e. The number of rotatable bonds is 6. The quantitative estimate of drug-likeness (QED) is 0.526. The zero-order valence-electron chi connectivity index (χ0n) is 12.3. The summed E-state index contributed by atoms with van der Waals surface area (Å²) in [6.45, 7) is 8.04. The van der Waals surface area contributed by atoms with Crippen LogP contribution in [0.3, 0.4) is 0 Å². The monoisotopic (exact) mass is 299 g/mol. The molecule has 1 aliphatic rings. The van der Waals surface area contributed by atoms with Crippen molar-refractivity contribution in [2.45, 2.75) is 39.3 Å². The molecular weight excluding hydrogens is 279 g/mol. The van der Waals surface area contributed by atoms with Crippen molar-refractivity contribution in [3.05, 3.63) is 35.7 Å². The highest BCUT2D eigenvalue weighted by Crippen LogP contribution is 2.25. The highest BCUT2D eigenvalue weighted by molar-refractivity contribution is 6.03. The van der Waals surface area contributed by atoms with Crippen molar-refractivity contribution in [2.75, 3.05) is 6.54 Å². The van der Waals surface area contributed by atoms with Crippen molar-refractivity contribution in [3.63, 3.8) is 0 Å². The minimum atomic E-state index is -4.21. The second-order valence-electron chi connectivity index (χ2n) is 4.63. The summed E-state index contributed by atoms with van der Waals surface area (Å²) in [6, 6.07) is 0. The van der Waals surface area contributed by atoms with E-state index in [0.717, 1.165) is 18.7 Å². The minimum absolute atomic E-state index is 0.205. The smallest absolute Gasteiger partial charge is 0.348 e. The van der Waals surface area contributed by atoms with Gasteiger partial charge in [-0.05, 0) is 25.5 Å². The molecule has 0 saturated heterocycles. The summed E-state index contributed by atoms with van der Waals surface area (Å²) in [5.74, 6) is 0. The van der Waals surface area contributed by atoms with Gasteiger partial charge >= 0.3 is 6.18 Å². The Balaban J connectivity index is 2.93. The van der Waals surface area contributed by atoms with Crippen LogP contribution in [0.2, 0.25) is 0 Å². The Morgan fingerprint density at radius 2 is 2.14 bits per heavy atom. The molecule has 1 heterocycles. The van der Waals surface area contributed by atoms with Crippen molar-refractivity contribution in [3.8, 4) is 0 Å². The van der Waals surface area contributed by atoms with E-state index in [1.165, 1.54) is 0 Å². The molecule has 3 nitrogen and oxygen atoms in total. The van der Waals surface area contributed by atoms with E-state index in [-0.39, 0.29) is 6.42 Å². The van der Waals surface area contributed by atoms with Crippen LogP contribution in [0.15, 0.2) is 45.9 Å². The molecule has 0 aliphatic carbocycles. The van der Waals surface area contributed by atoms with E-state index in [1.807, 2.05) is 30.2 Å². The topological polar surface area (TPSA) is 28.0 Å². The molecular formula is C15H20F3N3. The third kappa shape index (κ3) is 5.57. The summed E-state index contributed by atoms with van der Waals surface area (Å²) in [5.41, 5.74) is 1.89. The molecule has 0 N–H and O–H groups in total. The predicted octanol–water partition coefficient (Wildman–Crippen LogP) is 4.46. The second kappa shape index (κ2) is 7.81. The van der Waals surface area contributed by atoms with Crippen molar-refractivity contribution in [1.29, 1.82) is 0 Å². The molecule has 0 aromatic heterocycles. The molecule has 0 fully saturated rings. The van der Waals surface area contributed by atoms with Gasteiger partial charge in [-0.15, -0.1) is 0 Å². The van der Waals surface area contributed by atoms with E-state index in [0.29, 0.717) is 11.3 Å². The van der Waals surface area contributed by atoms with E-state index in [2.05, 4.69) is 23.8 Å². The highest BCUT2D eigenvalue weighted by Gasteiger charge is 2.28. The van der Waals surface area contributed by atoms with Gasteiger partial charge < -0.3 is 4.90 Å². The van der Waals surface area contributed by atoms with Gasteiger partial charge in [0, 0.05) is 43.6 Å². The Hall–Kier alpha value is -1.85. The first-order chi connectivity index (χ1) is 9.91. The Kier molecular flexibility index (Phi) is 6.39. The van der Waals surface area contributed by atoms with Crippen molar-refractivity contribution >= 4 is 12.4 Å². The SMILES string of the molecule is C=N/N=C(\CCC(F)(F)F)C1=C/C(=C/C)N(CCC)C=C1. The summed E-state index contributed by atoms with van der Waals surface area (Å²) in [6.07, 6.45) is 3.02. The van der Waals surface area contributed by atoms with Gasteiger partial charge in [0.1, 0.15) is 0 Å². The second-order valence-corrected chi connectivity index (χ2v) is 4.63. The molecule has 6 heteroatoms. The Bertz CT molecular complexity index is 485. The lowest BCUT2D eigenvalue weighted by atomic mass is 10.0. The van der Waals surface area contributed by atoms with Gasteiger partial charge in [0.15, 0.2) is 0 Å². The van der Waals surface area contributed by atoms with Gasteiger partial charge in [0.2, 0.25) is 0 Å². The Labute approximate surface area is 123 Å². The maximum absolute atomic E-state index is 12.4. The fraction of sp³-hybridized carbons (Fsp3) is 0.467. The first-order valence-corrected chi connectivity index (χ1v) is 6.83. The van der Waals surface area contributed by atoms with E-state index in [1.54, 1.807) is 6.08 Å². The van der Waals surface area contributed by atoms with Crippen molar-refractivity contribution in [2.24, 2.45) is 10.2 Å². The normalized spacial score (nSPS) is 18.1. The van der Waals surface area contributed by atoms with Crippen LogP contribution in [-0.4, -0.2) is 30.1 Å². The first kappa shape index (κ1) is 17.2. The Morgan fingerprint density at radius 1 is 1.43 bits per heavy atom. The standard InChI is InChI=1S/C15H20F3N3/c1-4-9-21-10-7-12(11-13(21)5-2)14(20-19-3)6-8-15(16,17)18/h5,7,10-11H,3-4,6,8-9H2,1-2H3/b13-5-,20-14+. The number of alkyl halides is 3. The average molecular weight is 299 g/mol. The highest BCUT2D eigenvalue weighted by atomic mass is 19.4. The maximum atomic E-state index is 12.4. The molecule has 116 valence electrons. The fourth-order valence-electron chi connectivity index (χ4n) is 2.02. The van der Waals surface area contributed by atoms with E-state index >= 15 is 0 Å². The molecule has 0 aromatic rings. The lowest BCUT2D eigenvalue weighted by molar-refractivity contribution is -0.132. The molecule has 0 aromatic carbocycles. The van der Waals surface area contributed by atoms with Crippen molar-refractivity contribution in [1.82, 2.24) is 4.90 Å². The summed E-state index contributed by atoms with van der Waals surface area (Å²) in [7, 11) is 0. The number of allylic oxidation sites excluding steroid dienone is 4. The third-order valence-corrected chi connectivity index (χ3v) is 3.00. The van der Waals surface area contributed by atoms with Gasteiger partial charge in [-0.3, -0.25) is 0 Å². The molecule has 21 heavy (non-hydrogen) atoms. The molecule has 0 spiro atoms. The van der Waals surface area contributed by atoms with Crippen LogP contribution in [0.25, 0.3) is 0 Å². The molecule has 0 bridgehead atoms. The number of nitrogens with zero attached hydrogens (tertiary/aromatic N) is 3. The minimum Gasteiger partial charge on any atom is -0.348 e. The molecule has 0 unspecified atom stereocenters. The maximum Gasteiger partial charge on any atom is 0.389 e. The number of hydrogen-bond acceptors (Lipinski definition) is 3. The van der Waals surface area contributed by atoms with E-state index in [9.17, 15) is 13.2 Å². The van der Waals surface area contributed by atoms with Gasteiger partial charge in [-0.1, -0.05) is 13.0 Å². The summed E-state index contributed by atoms with van der Waals surface area (Å²) >= 11 is 0. The zero-order valence-corrected chi connectivity index (χ0v) is 12.3. The van der Waals surface area contributed by atoms with E-state index in [4.69, 9.17) is 0 Å². The first-order valence-electron chi connectivity index (χ1n) is 6.83. The van der Waals surface area contributed by atoms with Crippen molar-refractivity contribution < 1.29 is 13.2 Å². The van der Waals surface area contributed by atoms with Crippen LogP contribution in [0.5, 0.6) is 0 Å². The number of halogens is 3. The predicted molar refractivity (Wildman–Crippen MR) is 80.3 cm³/mol. The van der Waals surface area contributed by atoms with Gasteiger partial charge in [-0.2, -0.15) is 23.4 Å². The lowest BCUT2D eigenvalue weighted by Crippen LogP contribution is -2.21. The third-order valence-electron chi connectivity index (χ3n) is 3.00. The van der Waals surface area contributed by atoms with Crippen LogP contribution in [0, 0.1) is 0 Å². The van der Waals surface area contributed by atoms with Gasteiger partial charge in [0.05, 0.1) is 5.71 Å². The van der Waals surface area contributed by atoms with Crippen LogP contribution in [0.1, 0.15) is 33.1 Å². The fourth-order valence-corrected chi connectivity index (χ4v) is 2.02. The van der Waals surface area contributed by atoms with Crippen LogP contribution >= 0.6 is 0 Å². The van der Waals surface area contributed by atoms with E-state index < -0.39 is 12.6 Å². The van der Waals surface area contributed by atoms with Crippen LogP contribution < -0.4 is 0 Å². The zero-order chi connectivity index (χ0) is 15.9. The van der Waals surface area contributed by atoms with Gasteiger partial charge in [0.25, 0.3) is 0 Å². The molecule has 1 aliphatic heterocycles. The molecule has 0 saturated carbocycles. The molecule has 0 radical (unpaired) electrons. The lowest BCUT2D eigenvalue weighted by Gasteiger charge is -2.25. The van der Waals surface area contributed by atoms with Crippen LogP contribution in [-0.2, 0) is 0 Å². The van der Waals surface area contributed by atoms with Crippen LogP contribution in [0.4, 0.5) is 13.2 Å². The molecule has 0 atom stereocenters.